The average molecular weight is 197 g/mol. The zero-order valence-corrected chi connectivity index (χ0v) is 7.88. The maximum absolute atomic E-state index is 10.9. The van der Waals surface area contributed by atoms with Crippen LogP contribution in [-0.4, -0.2) is 17.1 Å². The van der Waals surface area contributed by atoms with Crippen LogP contribution in [-0.2, 0) is 4.79 Å². The van der Waals surface area contributed by atoms with Gasteiger partial charge in [-0.3, -0.25) is 10.1 Å². The summed E-state index contributed by atoms with van der Waals surface area (Å²) < 4.78 is 0. The van der Waals surface area contributed by atoms with Gasteiger partial charge in [0.1, 0.15) is 6.04 Å². The largest absolute Gasteiger partial charge is 0.480 e. The van der Waals surface area contributed by atoms with E-state index in [0.29, 0.717) is 6.04 Å². The first-order chi connectivity index (χ1) is 6.27. The monoisotopic (exact) mass is 197 g/mol. The first-order valence-electron chi connectivity index (χ1n) is 4.29. The van der Waals surface area contributed by atoms with E-state index in [-0.39, 0.29) is 0 Å². The maximum Gasteiger partial charge on any atom is 0.326 e. The highest BCUT2D eigenvalue weighted by Crippen LogP contribution is 2.26. The second-order valence-corrected chi connectivity index (χ2v) is 4.21. The first kappa shape index (κ1) is 8.72. The molecule has 4 heteroatoms. The highest BCUT2D eigenvalue weighted by atomic mass is 32.1. The average Bonchev–Trinajstić information content (AvgIpc) is 2.75. The maximum atomic E-state index is 10.9. The van der Waals surface area contributed by atoms with Gasteiger partial charge in [-0.15, -0.1) is 11.3 Å². The van der Waals surface area contributed by atoms with Gasteiger partial charge in [-0.2, -0.15) is 0 Å². The van der Waals surface area contributed by atoms with Crippen LogP contribution in [0.4, 0.5) is 0 Å². The van der Waals surface area contributed by atoms with Crippen LogP contribution in [0.5, 0.6) is 0 Å². The summed E-state index contributed by atoms with van der Waals surface area (Å²) in [7, 11) is 0. The lowest BCUT2D eigenvalue weighted by molar-refractivity contribution is -0.139. The van der Waals surface area contributed by atoms with Gasteiger partial charge >= 0.3 is 5.97 Å². The number of hydrogen-bond donors (Lipinski definition) is 2. The van der Waals surface area contributed by atoms with E-state index in [1.807, 2.05) is 17.5 Å². The van der Waals surface area contributed by atoms with E-state index >= 15 is 0 Å². The van der Waals surface area contributed by atoms with Crippen molar-refractivity contribution < 1.29 is 9.90 Å². The van der Waals surface area contributed by atoms with E-state index in [1.165, 1.54) is 11.3 Å². The Balaban J connectivity index is 2.08. The molecule has 1 atom stereocenters. The molecule has 0 spiro atoms. The Bertz CT molecular complexity index is 293. The molecule has 70 valence electrons. The van der Waals surface area contributed by atoms with Crippen molar-refractivity contribution in [1.82, 2.24) is 5.32 Å². The van der Waals surface area contributed by atoms with E-state index in [9.17, 15) is 4.79 Å². The molecule has 1 fully saturated rings. The summed E-state index contributed by atoms with van der Waals surface area (Å²) in [6.07, 6.45) is 2.21. The lowest BCUT2D eigenvalue weighted by Gasteiger charge is -2.11. The Labute approximate surface area is 80.4 Å². The third-order valence-electron chi connectivity index (χ3n) is 2.05. The third-order valence-corrected chi connectivity index (χ3v) is 2.99. The number of thiophene rings is 1. The van der Waals surface area contributed by atoms with E-state index in [4.69, 9.17) is 5.11 Å². The molecule has 1 aromatic rings. The van der Waals surface area contributed by atoms with Crippen molar-refractivity contribution in [3.63, 3.8) is 0 Å². The van der Waals surface area contributed by atoms with Crippen LogP contribution in [0.15, 0.2) is 17.5 Å². The van der Waals surface area contributed by atoms with Gasteiger partial charge in [-0.1, -0.05) is 6.07 Å². The Morgan fingerprint density at radius 1 is 1.69 bits per heavy atom. The van der Waals surface area contributed by atoms with E-state index < -0.39 is 12.0 Å². The Morgan fingerprint density at radius 2 is 2.46 bits per heavy atom. The SMILES string of the molecule is O=C(O)C(NC1CC1)c1cccs1. The first-order valence-corrected chi connectivity index (χ1v) is 5.17. The molecule has 0 aromatic carbocycles. The molecule has 1 saturated carbocycles. The summed E-state index contributed by atoms with van der Waals surface area (Å²) in [4.78, 5) is 11.8. The molecule has 3 nitrogen and oxygen atoms in total. The van der Waals surface area contributed by atoms with Crippen LogP contribution < -0.4 is 5.32 Å². The minimum atomic E-state index is -0.783. The molecule has 0 radical (unpaired) electrons. The van der Waals surface area contributed by atoms with Gasteiger partial charge in [0.05, 0.1) is 0 Å². The lowest BCUT2D eigenvalue weighted by Crippen LogP contribution is -2.29. The molecule has 2 rings (SSSR count). The number of carbonyl (C=O) groups is 1. The fourth-order valence-corrected chi connectivity index (χ4v) is 1.99. The zero-order valence-electron chi connectivity index (χ0n) is 7.06. The van der Waals surface area contributed by atoms with Crippen molar-refractivity contribution in [2.24, 2.45) is 0 Å². The van der Waals surface area contributed by atoms with Crippen molar-refractivity contribution in [3.05, 3.63) is 22.4 Å². The van der Waals surface area contributed by atoms with Crippen LogP contribution in [0.25, 0.3) is 0 Å². The number of aliphatic carboxylic acids is 1. The molecule has 0 bridgehead atoms. The molecule has 1 aliphatic rings. The molecular weight excluding hydrogens is 186 g/mol. The highest BCUT2D eigenvalue weighted by molar-refractivity contribution is 7.10. The van der Waals surface area contributed by atoms with E-state index in [1.54, 1.807) is 0 Å². The van der Waals surface area contributed by atoms with Crippen LogP contribution >= 0.6 is 11.3 Å². The summed E-state index contributed by atoms with van der Waals surface area (Å²) in [6, 6.07) is 3.65. The van der Waals surface area contributed by atoms with Crippen molar-refractivity contribution in [3.8, 4) is 0 Å². The van der Waals surface area contributed by atoms with Gasteiger partial charge < -0.3 is 5.11 Å². The predicted molar refractivity (Wildman–Crippen MR) is 50.9 cm³/mol. The van der Waals surface area contributed by atoms with E-state index in [0.717, 1.165) is 17.7 Å². The van der Waals surface area contributed by atoms with Crippen molar-refractivity contribution in [1.29, 1.82) is 0 Å². The van der Waals surface area contributed by atoms with Gasteiger partial charge in [0, 0.05) is 10.9 Å². The standard InChI is InChI=1S/C9H11NO2S/c11-9(12)8(10-6-3-4-6)7-2-1-5-13-7/h1-2,5-6,8,10H,3-4H2,(H,11,12). The number of carboxylic acid groups (broad SMARTS) is 1. The molecule has 1 aromatic heterocycles. The van der Waals surface area contributed by atoms with Crippen LogP contribution in [0, 0.1) is 0 Å². The van der Waals surface area contributed by atoms with Gasteiger partial charge in [-0.05, 0) is 24.3 Å². The molecule has 1 unspecified atom stereocenters. The smallest absolute Gasteiger partial charge is 0.326 e. The van der Waals surface area contributed by atoms with Crippen LogP contribution in [0.1, 0.15) is 23.8 Å². The second-order valence-electron chi connectivity index (χ2n) is 3.23. The molecule has 0 saturated heterocycles. The Hall–Kier alpha value is -0.870. The van der Waals surface area contributed by atoms with E-state index in [2.05, 4.69) is 5.32 Å². The minimum absolute atomic E-state index is 0.420. The quantitative estimate of drug-likeness (QED) is 0.771. The Morgan fingerprint density at radius 3 is 2.92 bits per heavy atom. The summed E-state index contributed by atoms with van der Waals surface area (Å²) in [6.45, 7) is 0. The predicted octanol–water partition coefficient (Wildman–Crippen LogP) is 1.63. The Kier molecular flexibility index (Phi) is 2.33. The van der Waals surface area contributed by atoms with Crippen LogP contribution in [0.2, 0.25) is 0 Å². The van der Waals surface area contributed by atoms with Gasteiger partial charge in [-0.25, -0.2) is 0 Å². The third kappa shape index (κ3) is 2.08. The highest BCUT2D eigenvalue weighted by Gasteiger charge is 2.29. The van der Waals surface area contributed by atoms with Crippen molar-refractivity contribution in [2.75, 3.05) is 0 Å². The summed E-state index contributed by atoms with van der Waals surface area (Å²) in [5.41, 5.74) is 0. The zero-order chi connectivity index (χ0) is 9.26. The van der Waals surface area contributed by atoms with Gasteiger partial charge in [0.25, 0.3) is 0 Å². The number of rotatable bonds is 4. The van der Waals surface area contributed by atoms with Crippen molar-refractivity contribution in [2.45, 2.75) is 24.9 Å². The molecule has 2 N–H and O–H groups in total. The second kappa shape index (κ2) is 3.47. The summed E-state index contributed by atoms with van der Waals surface area (Å²) >= 11 is 1.49. The van der Waals surface area contributed by atoms with Crippen LogP contribution in [0.3, 0.4) is 0 Å². The number of hydrogen-bond acceptors (Lipinski definition) is 3. The summed E-state index contributed by atoms with van der Waals surface area (Å²) in [5, 5.41) is 14.0. The van der Waals surface area contributed by atoms with Gasteiger partial charge in [0.2, 0.25) is 0 Å². The minimum Gasteiger partial charge on any atom is -0.480 e. The number of carboxylic acids is 1. The normalized spacial score (nSPS) is 18.5. The fourth-order valence-electron chi connectivity index (χ4n) is 1.22. The van der Waals surface area contributed by atoms with Gasteiger partial charge in [0.15, 0.2) is 0 Å². The molecule has 1 heterocycles. The molecule has 13 heavy (non-hydrogen) atoms. The lowest BCUT2D eigenvalue weighted by atomic mass is 10.2. The molecule has 0 aliphatic heterocycles. The molecule has 0 amide bonds. The van der Waals surface area contributed by atoms with Crippen molar-refractivity contribution >= 4 is 17.3 Å². The topological polar surface area (TPSA) is 49.3 Å². The number of nitrogens with one attached hydrogen (secondary N) is 1. The fraction of sp³-hybridized carbons (Fsp3) is 0.444. The summed E-state index contributed by atoms with van der Waals surface area (Å²) in [5.74, 6) is -0.783. The molecular formula is C9H11NO2S. The molecule has 1 aliphatic carbocycles.